The molecule has 1 aliphatic heterocycles. The SMILES string of the molecule is CN=C(NCCN1CCCN(C)CC1)NCC1(c2cccc(F)c2)CC1.I. The summed E-state index contributed by atoms with van der Waals surface area (Å²) in [6.07, 6.45) is 3.43. The first-order valence-electron chi connectivity index (χ1n) is 9.73. The first-order valence-corrected chi connectivity index (χ1v) is 9.73. The zero-order valence-electron chi connectivity index (χ0n) is 16.5. The van der Waals surface area contributed by atoms with E-state index in [1.54, 1.807) is 19.2 Å². The highest BCUT2D eigenvalue weighted by atomic mass is 127. The summed E-state index contributed by atoms with van der Waals surface area (Å²) in [6.45, 7) is 7.34. The third-order valence-corrected chi connectivity index (χ3v) is 5.64. The summed E-state index contributed by atoms with van der Waals surface area (Å²) in [4.78, 5) is 9.25. The molecule has 5 nitrogen and oxygen atoms in total. The lowest BCUT2D eigenvalue weighted by molar-refractivity contribution is 0.280. The molecule has 0 atom stereocenters. The van der Waals surface area contributed by atoms with E-state index in [0.717, 1.165) is 57.1 Å². The average molecular weight is 489 g/mol. The van der Waals surface area contributed by atoms with Crippen LogP contribution in [0.3, 0.4) is 0 Å². The summed E-state index contributed by atoms with van der Waals surface area (Å²) in [6, 6.07) is 7.01. The Bertz CT molecular complexity index is 620. The fourth-order valence-corrected chi connectivity index (χ4v) is 3.67. The Morgan fingerprint density at radius 3 is 2.70 bits per heavy atom. The number of rotatable bonds is 6. The summed E-state index contributed by atoms with van der Waals surface area (Å²) >= 11 is 0. The first-order chi connectivity index (χ1) is 12.6. The molecule has 0 unspecified atom stereocenters. The Balaban J connectivity index is 0.00000261. The van der Waals surface area contributed by atoms with Crippen LogP contribution in [-0.2, 0) is 5.41 Å². The van der Waals surface area contributed by atoms with Crippen molar-refractivity contribution in [1.82, 2.24) is 20.4 Å². The van der Waals surface area contributed by atoms with Gasteiger partial charge in [0, 0.05) is 45.2 Å². The predicted molar refractivity (Wildman–Crippen MR) is 121 cm³/mol. The smallest absolute Gasteiger partial charge is 0.191 e. The summed E-state index contributed by atoms with van der Waals surface area (Å²) in [5.74, 6) is 0.680. The number of hydrogen-bond acceptors (Lipinski definition) is 3. The van der Waals surface area contributed by atoms with Crippen LogP contribution in [0.15, 0.2) is 29.3 Å². The monoisotopic (exact) mass is 489 g/mol. The van der Waals surface area contributed by atoms with Gasteiger partial charge < -0.3 is 20.4 Å². The molecule has 2 N–H and O–H groups in total. The van der Waals surface area contributed by atoms with Gasteiger partial charge in [-0.05, 0) is 57.1 Å². The number of halogens is 2. The van der Waals surface area contributed by atoms with E-state index in [0.29, 0.717) is 0 Å². The molecule has 1 heterocycles. The van der Waals surface area contributed by atoms with Crippen molar-refractivity contribution in [1.29, 1.82) is 0 Å². The van der Waals surface area contributed by atoms with Crippen LogP contribution >= 0.6 is 24.0 Å². The quantitative estimate of drug-likeness (QED) is 0.366. The van der Waals surface area contributed by atoms with Crippen LogP contribution in [0.1, 0.15) is 24.8 Å². The lowest BCUT2D eigenvalue weighted by atomic mass is 9.96. The van der Waals surface area contributed by atoms with Gasteiger partial charge in [0.15, 0.2) is 5.96 Å². The van der Waals surface area contributed by atoms with Crippen LogP contribution in [0, 0.1) is 5.82 Å². The van der Waals surface area contributed by atoms with Crippen LogP contribution in [-0.4, -0.2) is 75.7 Å². The van der Waals surface area contributed by atoms with Crippen molar-refractivity contribution >= 4 is 29.9 Å². The van der Waals surface area contributed by atoms with E-state index >= 15 is 0 Å². The Morgan fingerprint density at radius 2 is 2.00 bits per heavy atom. The highest BCUT2D eigenvalue weighted by molar-refractivity contribution is 14.0. The number of benzene rings is 1. The van der Waals surface area contributed by atoms with Gasteiger partial charge in [-0.3, -0.25) is 4.99 Å². The molecule has 7 heteroatoms. The van der Waals surface area contributed by atoms with Crippen molar-refractivity contribution < 1.29 is 4.39 Å². The largest absolute Gasteiger partial charge is 0.356 e. The van der Waals surface area contributed by atoms with E-state index in [9.17, 15) is 4.39 Å². The Labute approximate surface area is 179 Å². The van der Waals surface area contributed by atoms with Gasteiger partial charge in [0.1, 0.15) is 5.82 Å². The fourth-order valence-electron chi connectivity index (χ4n) is 3.67. The van der Waals surface area contributed by atoms with Crippen LogP contribution in [0.5, 0.6) is 0 Å². The zero-order chi connectivity index (χ0) is 18.4. The lowest BCUT2D eigenvalue weighted by Gasteiger charge is -2.22. The summed E-state index contributed by atoms with van der Waals surface area (Å²) < 4.78 is 13.5. The number of aliphatic imine (C=N–C) groups is 1. The van der Waals surface area contributed by atoms with Gasteiger partial charge >= 0.3 is 0 Å². The van der Waals surface area contributed by atoms with Gasteiger partial charge in [-0.15, -0.1) is 24.0 Å². The highest BCUT2D eigenvalue weighted by Crippen LogP contribution is 2.47. The molecule has 0 aromatic heterocycles. The second-order valence-electron chi connectivity index (χ2n) is 7.64. The number of nitrogens with one attached hydrogen (secondary N) is 2. The highest BCUT2D eigenvalue weighted by Gasteiger charge is 2.44. The van der Waals surface area contributed by atoms with E-state index in [2.05, 4.69) is 32.5 Å². The van der Waals surface area contributed by atoms with Crippen molar-refractivity contribution in [2.45, 2.75) is 24.7 Å². The second kappa shape index (κ2) is 10.6. The first kappa shape index (κ1) is 22.4. The maximum Gasteiger partial charge on any atom is 0.191 e. The molecule has 1 saturated carbocycles. The van der Waals surface area contributed by atoms with Crippen molar-refractivity contribution in [3.63, 3.8) is 0 Å². The lowest BCUT2D eigenvalue weighted by Crippen LogP contribution is -2.44. The Morgan fingerprint density at radius 1 is 1.19 bits per heavy atom. The van der Waals surface area contributed by atoms with E-state index < -0.39 is 0 Å². The van der Waals surface area contributed by atoms with Gasteiger partial charge in [0.05, 0.1) is 0 Å². The molecular formula is C20H33FIN5. The minimum atomic E-state index is -0.153. The maximum absolute atomic E-state index is 13.5. The van der Waals surface area contributed by atoms with Crippen LogP contribution in [0.25, 0.3) is 0 Å². The molecule has 152 valence electrons. The molecule has 0 radical (unpaired) electrons. The maximum atomic E-state index is 13.5. The molecule has 3 rings (SSSR count). The molecule has 1 aromatic rings. The third-order valence-electron chi connectivity index (χ3n) is 5.64. The number of nitrogens with zero attached hydrogens (tertiary/aromatic N) is 3. The Hall–Kier alpha value is -0.930. The van der Waals surface area contributed by atoms with Crippen LogP contribution < -0.4 is 10.6 Å². The average Bonchev–Trinajstić information content (AvgIpc) is 3.44. The van der Waals surface area contributed by atoms with Crippen molar-refractivity contribution in [3.8, 4) is 0 Å². The van der Waals surface area contributed by atoms with Crippen LogP contribution in [0.4, 0.5) is 4.39 Å². The molecule has 0 spiro atoms. The number of hydrogen-bond donors (Lipinski definition) is 2. The standard InChI is InChI=1S/C20H32FN5.HI/c1-22-19(23-9-12-26-11-4-10-25(2)13-14-26)24-16-20(7-8-20)17-5-3-6-18(21)15-17;/h3,5-6,15H,4,7-14,16H2,1-2H3,(H2,22,23,24);1H. The normalized spacial score (nSPS) is 20.5. The van der Waals surface area contributed by atoms with Gasteiger partial charge in [-0.1, -0.05) is 12.1 Å². The van der Waals surface area contributed by atoms with E-state index in [4.69, 9.17) is 0 Å². The van der Waals surface area contributed by atoms with Gasteiger partial charge in [-0.25, -0.2) is 4.39 Å². The Kier molecular flexibility index (Phi) is 8.75. The molecule has 0 amide bonds. The molecular weight excluding hydrogens is 456 g/mol. The van der Waals surface area contributed by atoms with Gasteiger partial charge in [-0.2, -0.15) is 0 Å². The molecule has 2 fully saturated rings. The summed E-state index contributed by atoms with van der Waals surface area (Å²) in [5, 5.41) is 6.86. The van der Waals surface area contributed by atoms with E-state index in [-0.39, 0.29) is 35.2 Å². The molecule has 1 aliphatic carbocycles. The molecule has 2 aliphatic rings. The van der Waals surface area contributed by atoms with Gasteiger partial charge in [0.2, 0.25) is 0 Å². The van der Waals surface area contributed by atoms with Crippen molar-refractivity contribution in [2.75, 3.05) is 59.9 Å². The number of guanidine groups is 1. The molecule has 1 aromatic carbocycles. The number of likely N-dealkylation sites (N-methyl/N-ethyl adjacent to an activating group) is 1. The van der Waals surface area contributed by atoms with Crippen molar-refractivity contribution in [3.05, 3.63) is 35.6 Å². The van der Waals surface area contributed by atoms with Crippen LogP contribution in [0.2, 0.25) is 0 Å². The van der Waals surface area contributed by atoms with E-state index in [1.807, 2.05) is 6.07 Å². The molecule has 27 heavy (non-hydrogen) atoms. The zero-order valence-corrected chi connectivity index (χ0v) is 18.8. The van der Waals surface area contributed by atoms with Gasteiger partial charge in [0.25, 0.3) is 0 Å². The minimum Gasteiger partial charge on any atom is -0.356 e. The fraction of sp³-hybridized carbons (Fsp3) is 0.650. The second-order valence-corrected chi connectivity index (χ2v) is 7.64. The summed E-state index contributed by atoms with van der Waals surface area (Å²) in [7, 11) is 4.00. The van der Waals surface area contributed by atoms with Crippen molar-refractivity contribution in [2.24, 2.45) is 4.99 Å². The van der Waals surface area contributed by atoms with E-state index in [1.165, 1.54) is 25.6 Å². The topological polar surface area (TPSA) is 42.9 Å². The molecule has 0 bridgehead atoms. The molecule has 1 saturated heterocycles. The minimum absolute atomic E-state index is 0. The predicted octanol–water partition coefficient (Wildman–Crippen LogP) is 2.28. The summed E-state index contributed by atoms with van der Waals surface area (Å²) in [5.41, 5.74) is 1.16. The third kappa shape index (κ3) is 6.57.